The summed E-state index contributed by atoms with van der Waals surface area (Å²) in [7, 11) is 0. The van der Waals surface area contributed by atoms with Gasteiger partial charge in [-0.2, -0.15) is 0 Å². The molecular weight excluding hydrogens is 254 g/mol. The van der Waals surface area contributed by atoms with Crippen LogP contribution in [0.1, 0.15) is 6.92 Å². The molecule has 7 heteroatoms. The summed E-state index contributed by atoms with van der Waals surface area (Å²) >= 11 is 4.53. The summed E-state index contributed by atoms with van der Waals surface area (Å²) in [6.45, 7) is 2.38. The molecule has 0 aromatic heterocycles. The summed E-state index contributed by atoms with van der Waals surface area (Å²) in [6, 6.07) is 6.98. The lowest BCUT2D eigenvalue weighted by molar-refractivity contribution is -0.123. The minimum Gasteiger partial charge on any atom is -0.494 e. The molecule has 0 bridgehead atoms. The van der Waals surface area contributed by atoms with E-state index >= 15 is 0 Å². The lowest BCUT2D eigenvalue weighted by Crippen LogP contribution is -2.46. The number of carbonyl (C=O) groups is 1. The van der Waals surface area contributed by atoms with Gasteiger partial charge in [0.2, 0.25) is 0 Å². The van der Waals surface area contributed by atoms with Crippen molar-refractivity contribution in [2.75, 3.05) is 13.2 Å². The first kappa shape index (κ1) is 14.0. The topological polar surface area (TPSA) is 85.6 Å². The number of amides is 1. The maximum atomic E-state index is 11.3. The van der Waals surface area contributed by atoms with E-state index < -0.39 is 0 Å². The highest BCUT2D eigenvalue weighted by atomic mass is 32.1. The van der Waals surface area contributed by atoms with Gasteiger partial charge >= 0.3 is 0 Å². The lowest BCUT2D eigenvalue weighted by Gasteiger charge is -2.08. The van der Waals surface area contributed by atoms with E-state index in [-0.39, 0.29) is 17.6 Å². The highest BCUT2D eigenvalue weighted by Crippen LogP contribution is 2.17. The third-order valence-electron chi connectivity index (χ3n) is 1.83. The fraction of sp³-hybridized carbons (Fsp3) is 0.273. The van der Waals surface area contributed by atoms with Gasteiger partial charge in [0.15, 0.2) is 11.7 Å². The second-order valence-corrected chi connectivity index (χ2v) is 3.67. The van der Waals surface area contributed by atoms with Gasteiger partial charge in [-0.3, -0.25) is 15.6 Å². The molecule has 1 aromatic rings. The minimum absolute atomic E-state index is 0.00980. The van der Waals surface area contributed by atoms with E-state index in [1.54, 1.807) is 24.3 Å². The molecule has 1 rings (SSSR count). The maximum Gasteiger partial charge on any atom is 0.276 e. The number of hydrogen-bond donors (Lipinski definition) is 3. The van der Waals surface area contributed by atoms with Gasteiger partial charge in [0.05, 0.1) is 6.61 Å². The minimum atomic E-state index is -0.378. The zero-order valence-electron chi connectivity index (χ0n) is 9.93. The van der Waals surface area contributed by atoms with Crippen LogP contribution in [0.15, 0.2) is 24.3 Å². The number of rotatable bonds is 5. The van der Waals surface area contributed by atoms with Crippen LogP contribution in [0.5, 0.6) is 11.5 Å². The first-order valence-corrected chi connectivity index (χ1v) is 5.72. The molecule has 6 nitrogen and oxygen atoms in total. The van der Waals surface area contributed by atoms with Gasteiger partial charge in [0.1, 0.15) is 11.5 Å². The van der Waals surface area contributed by atoms with Gasteiger partial charge < -0.3 is 15.2 Å². The van der Waals surface area contributed by atoms with Crippen molar-refractivity contribution in [2.45, 2.75) is 6.92 Å². The molecule has 98 valence electrons. The molecule has 0 radical (unpaired) electrons. The molecule has 1 aromatic carbocycles. The Morgan fingerprint density at radius 2 is 1.78 bits per heavy atom. The zero-order chi connectivity index (χ0) is 13.4. The molecule has 4 N–H and O–H groups in total. The Bertz CT molecular complexity index is 408. The average molecular weight is 269 g/mol. The summed E-state index contributed by atoms with van der Waals surface area (Å²) in [5.41, 5.74) is 9.74. The molecule has 0 saturated heterocycles. The van der Waals surface area contributed by atoms with E-state index in [4.69, 9.17) is 15.2 Å². The molecule has 0 aliphatic rings. The van der Waals surface area contributed by atoms with Crippen LogP contribution in [0.4, 0.5) is 0 Å². The smallest absolute Gasteiger partial charge is 0.276 e. The van der Waals surface area contributed by atoms with Crippen molar-refractivity contribution in [3.05, 3.63) is 24.3 Å². The van der Waals surface area contributed by atoms with Crippen molar-refractivity contribution in [1.29, 1.82) is 0 Å². The molecule has 0 atom stereocenters. The van der Waals surface area contributed by atoms with Crippen LogP contribution in [0.25, 0.3) is 0 Å². The number of hydrogen-bond acceptors (Lipinski definition) is 4. The lowest BCUT2D eigenvalue weighted by atomic mass is 10.3. The standard InChI is InChI=1S/C11H15N3O3S/c1-2-16-8-3-5-9(6-4-8)17-7-10(15)13-14-11(12)18/h3-6H,2,7H2,1H3,(H,13,15)(H3,12,14,18). The summed E-state index contributed by atoms with van der Waals surface area (Å²) in [6.07, 6.45) is 0. The van der Waals surface area contributed by atoms with E-state index in [1.807, 2.05) is 6.92 Å². The zero-order valence-corrected chi connectivity index (χ0v) is 10.8. The first-order chi connectivity index (χ1) is 8.61. The van der Waals surface area contributed by atoms with Gasteiger partial charge in [-0.1, -0.05) is 0 Å². The van der Waals surface area contributed by atoms with Gasteiger partial charge in [0, 0.05) is 0 Å². The molecule has 0 heterocycles. The SMILES string of the molecule is CCOc1ccc(OCC(=O)NNC(N)=S)cc1. The predicted octanol–water partition coefficient (Wildman–Crippen LogP) is 0.329. The van der Waals surface area contributed by atoms with Gasteiger partial charge in [-0.05, 0) is 43.4 Å². The third-order valence-corrected chi connectivity index (χ3v) is 1.93. The van der Waals surface area contributed by atoms with Crippen LogP contribution < -0.4 is 26.1 Å². The summed E-state index contributed by atoms with van der Waals surface area (Å²) < 4.78 is 10.5. The van der Waals surface area contributed by atoms with Gasteiger partial charge in [-0.15, -0.1) is 0 Å². The molecule has 0 aliphatic carbocycles. The number of hydrazine groups is 1. The van der Waals surface area contributed by atoms with Crippen LogP contribution in [0.3, 0.4) is 0 Å². The molecule has 0 fully saturated rings. The van der Waals surface area contributed by atoms with Crippen molar-refractivity contribution in [3.8, 4) is 11.5 Å². The third kappa shape index (κ3) is 5.35. The Kier molecular flexibility index (Phi) is 5.72. The van der Waals surface area contributed by atoms with Crippen molar-refractivity contribution in [1.82, 2.24) is 10.9 Å². The molecule has 0 aliphatic heterocycles. The van der Waals surface area contributed by atoms with Crippen molar-refractivity contribution in [3.63, 3.8) is 0 Å². The Morgan fingerprint density at radius 3 is 2.28 bits per heavy atom. The Morgan fingerprint density at radius 1 is 1.22 bits per heavy atom. The van der Waals surface area contributed by atoms with Crippen LogP contribution in [-0.4, -0.2) is 24.2 Å². The van der Waals surface area contributed by atoms with Crippen LogP contribution >= 0.6 is 12.2 Å². The summed E-state index contributed by atoms with van der Waals surface area (Å²) in [5, 5.41) is -0.00980. The molecular formula is C11H15N3O3S. The van der Waals surface area contributed by atoms with Crippen LogP contribution in [0, 0.1) is 0 Å². The Hall–Kier alpha value is -2.02. The fourth-order valence-corrected chi connectivity index (χ4v) is 1.17. The highest BCUT2D eigenvalue weighted by Gasteiger charge is 2.02. The number of thiocarbonyl (C=S) groups is 1. The molecule has 18 heavy (non-hydrogen) atoms. The number of benzene rings is 1. The highest BCUT2D eigenvalue weighted by molar-refractivity contribution is 7.80. The number of carbonyl (C=O) groups excluding carboxylic acids is 1. The average Bonchev–Trinajstić information content (AvgIpc) is 2.36. The number of ether oxygens (including phenoxy) is 2. The Balaban J connectivity index is 2.34. The molecule has 1 amide bonds. The maximum absolute atomic E-state index is 11.3. The first-order valence-electron chi connectivity index (χ1n) is 5.31. The number of nitrogens with two attached hydrogens (primary N) is 1. The Labute approximate surface area is 110 Å². The van der Waals surface area contributed by atoms with Crippen LogP contribution in [-0.2, 0) is 4.79 Å². The van der Waals surface area contributed by atoms with Gasteiger partial charge in [0.25, 0.3) is 5.91 Å². The van der Waals surface area contributed by atoms with Crippen LogP contribution in [0.2, 0.25) is 0 Å². The summed E-state index contributed by atoms with van der Waals surface area (Å²) in [5.74, 6) is 0.949. The van der Waals surface area contributed by atoms with Crippen molar-refractivity contribution >= 4 is 23.2 Å². The molecule has 0 unspecified atom stereocenters. The fourth-order valence-electron chi connectivity index (χ4n) is 1.12. The molecule has 0 saturated carbocycles. The second kappa shape index (κ2) is 7.33. The second-order valence-electron chi connectivity index (χ2n) is 3.23. The van der Waals surface area contributed by atoms with Gasteiger partial charge in [-0.25, -0.2) is 0 Å². The van der Waals surface area contributed by atoms with E-state index in [0.717, 1.165) is 5.75 Å². The largest absolute Gasteiger partial charge is 0.494 e. The van der Waals surface area contributed by atoms with E-state index in [9.17, 15) is 4.79 Å². The molecule has 0 spiro atoms. The van der Waals surface area contributed by atoms with E-state index in [1.165, 1.54) is 0 Å². The van der Waals surface area contributed by atoms with Crippen molar-refractivity contribution in [2.24, 2.45) is 5.73 Å². The summed E-state index contributed by atoms with van der Waals surface area (Å²) in [4.78, 5) is 11.3. The predicted molar refractivity (Wildman–Crippen MR) is 71.2 cm³/mol. The van der Waals surface area contributed by atoms with Crippen molar-refractivity contribution < 1.29 is 14.3 Å². The monoisotopic (exact) mass is 269 g/mol. The van der Waals surface area contributed by atoms with E-state index in [0.29, 0.717) is 12.4 Å². The number of nitrogens with one attached hydrogen (secondary N) is 2. The normalized spacial score (nSPS) is 9.39. The quantitative estimate of drug-likeness (QED) is 0.527. The van der Waals surface area contributed by atoms with E-state index in [2.05, 4.69) is 23.1 Å².